The molecular formula is C20H16FN3. The molecule has 4 rings (SSSR count). The van der Waals surface area contributed by atoms with Crippen molar-refractivity contribution >= 4 is 11.2 Å². The van der Waals surface area contributed by atoms with E-state index < -0.39 is 0 Å². The highest BCUT2D eigenvalue weighted by molar-refractivity contribution is 5.74. The number of halogens is 1. The van der Waals surface area contributed by atoms with Crippen molar-refractivity contribution in [1.82, 2.24) is 14.5 Å². The zero-order valence-electron chi connectivity index (χ0n) is 13.3. The summed E-state index contributed by atoms with van der Waals surface area (Å²) in [7, 11) is 0. The Hall–Kier alpha value is -3.01. The maximum Gasteiger partial charge on any atom is 0.164 e. The minimum atomic E-state index is -0.233. The third kappa shape index (κ3) is 2.67. The molecule has 0 atom stereocenters. The van der Waals surface area contributed by atoms with Gasteiger partial charge in [0, 0.05) is 18.3 Å². The van der Waals surface area contributed by atoms with Crippen molar-refractivity contribution in [3.05, 3.63) is 89.6 Å². The number of benzene rings is 2. The molecule has 0 aliphatic heterocycles. The van der Waals surface area contributed by atoms with Crippen LogP contribution in [0.4, 0.5) is 4.39 Å². The van der Waals surface area contributed by atoms with Gasteiger partial charge in [0.15, 0.2) is 5.65 Å². The molecule has 0 bridgehead atoms. The van der Waals surface area contributed by atoms with E-state index in [1.165, 1.54) is 11.6 Å². The summed E-state index contributed by atoms with van der Waals surface area (Å²) in [4.78, 5) is 9.20. The van der Waals surface area contributed by atoms with Gasteiger partial charge in [0.05, 0.1) is 0 Å². The predicted octanol–water partition coefficient (Wildman–Crippen LogP) is 4.46. The van der Waals surface area contributed by atoms with Crippen LogP contribution in [0, 0.1) is 12.7 Å². The summed E-state index contributed by atoms with van der Waals surface area (Å²) in [5.41, 5.74) is 4.74. The highest BCUT2D eigenvalue weighted by Crippen LogP contribution is 2.22. The third-order valence-corrected chi connectivity index (χ3v) is 4.03. The topological polar surface area (TPSA) is 30.7 Å². The first-order valence-corrected chi connectivity index (χ1v) is 7.84. The largest absolute Gasteiger partial charge is 0.280 e. The Labute approximate surface area is 139 Å². The van der Waals surface area contributed by atoms with Crippen molar-refractivity contribution < 1.29 is 4.39 Å². The predicted molar refractivity (Wildman–Crippen MR) is 92.8 cm³/mol. The van der Waals surface area contributed by atoms with Gasteiger partial charge in [-0.05, 0) is 48.9 Å². The average Bonchev–Trinajstić information content (AvgIpc) is 2.93. The lowest BCUT2D eigenvalue weighted by molar-refractivity contribution is 0.625. The normalized spacial score (nSPS) is 11.1. The van der Waals surface area contributed by atoms with Crippen LogP contribution in [0.15, 0.2) is 66.9 Å². The van der Waals surface area contributed by atoms with Crippen LogP contribution in [0.5, 0.6) is 0 Å². The number of nitrogens with zero attached hydrogens (tertiary/aromatic N) is 3. The lowest BCUT2D eigenvalue weighted by Gasteiger charge is -2.09. The molecule has 24 heavy (non-hydrogen) atoms. The first kappa shape index (κ1) is 14.6. The molecule has 3 nitrogen and oxygen atoms in total. The molecule has 0 radical (unpaired) electrons. The van der Waals surface area contributed by atoms with E-state index in [1.807, 2.05) is 22.8 Å². The second-order valence-corrected chi connectivity index (χ2v) is 5.85. The second kappa shape index (κ2) is 5.89. The molecule has 0 unspecified atom stereocenters. The fourth-order valence-electron chi connectivity index (χ4n) is 2.87. The van der Waals surface area contributed by atoms with Crippen LogP contribution in [0.25, 0.3) is 16.9 Å². The van der Waals surface area contributed by atoms with Gasteiger partial charge < -0.3 is 0 Å². The molecule has 0 N–H and O–H groups in total. The summed E-state index contributed by atoms with van der Waals surface area (Å²) in [5, 5.41) is 0. The summed E-state index contributed by atoms with van der Waals surface area (Å²) >= 11 is 0. The number of aromatic nitrogens is 3. The summed E-state index contributed by atoms with van der Waals surface area (Å²) < 4.78 is 15.5. The molecule has 0 saturated carbocycles. The molecule has 0 spiro atoms. The van der Waals surface area contributed by atoms with Crippen LogP contribution in [-0.4, -0.2) is 14.5 Å². The molecule has 118 valence electrons. The Morgan fingerprint density at radius 1 is 1.00 bits per heavy atom. The van der Waals surface area contributed by atoms with E-state index in [9.17, 15) is 4.39 Å². The van der Waals surface area contributed by atoms with Gasteiger partial charge in [-0.2, -0.15) is 0 Å². The van der Waals surface area contributed by atoms with Crippen LogP contribution in [-0.2, 0) is 6.42 Å². The summed E-state index contributed by atoms with van der Waals surface area (Å²) in [6.45, 7) is 2.06. The third-order valence-electron chi connectivity index (χ3n) is 4.03. The molecule has 2 aromatic carbocycles. The molecular weight excluding hydrogens is 301 g/mol. The molecule has 0 aliphatic rings. The zero-order chi connectivity index (χ0) is 16.5. The standard InChI is InChI=1S/C20H16FN3/c1-14-7-9-17(10-8-14)24-19(13-15-4-2-5-16(21)12-15)23-18-6-3-11-22-20(18)24/h2-12H,13H2,1H3. The van der Waals surface area contributed by atoms with Gasteiger partial charge in [0.1, 0.15) is 17.2 Å². The Morgan fingerprint density at radius 3 is 2.62 bits per heavy atom. The van der Waals surface area contributed by atoms with Crippen molar-refractivity contribution in [3.63, 3.8) is 0 Å². The molecule has 2 heterocycles. The summed E-state index contributed by atoms with van der Waals surface area (Å²) in [6.07, 6.45) is 2.31. The minimum absolute atomic E-state index is 0.233. The molecule has 4 heteroatoms. The number of imidazole rings is 1. The first-order valence-electron chi connectivity index (χ1n) is 7.84. The van der Waals surface area contributed by atoms with Crippen LogP contribution in [0.2, 0.25) is 0 Å². The Morgan fingerprint density at radius 2 is 1.83 bits per heavy atom. The van der Waals surface area contributed by atoms with E-state index in [0.29, 0.717) is 6.42 Å². The maximum atomic E-state index is 13.5. The molecule has 0 saturated heterocycles. The van der Waals surface area contributed by atoms with Gasteiger partial charge in [-0.3, -0.25) is 4.57 Å². The number of rotatable bonds is 3. The number of fused-ring (bicyclic) bond motifs is 1. The van der Waals surface area contributed by atoms with Gasteiger partial charge in [0.25, 0.3) is 0 Å². The van der Waals surface area contributed by atoms with Gasteiger partial charge in [-0.15, -0.1) is 0 Å². The SMILES string of the molecule is Cc1ccc(-n2c(Cc3cccc(F)c3)nc3cccnc32)cc1. The van der Waals surface area contributed by atoms with E-state index >= 15 is 0 Å². The zero-order valence-corrected chi connectivity index (χ0v) is 13.3. The van der Waals surface area contributed by atoms with Crippen LogP contribution >= 0.6 is 0 Å². The minimum Gasteiger partial charge on any atom is -0.280 e. The van der Waals surface area contributed by atoms with E-state index in [0.717, 1.165) is 28.2 Å². The number of hydrogen-bond donors (Lipinski definition) is 0. The van der Waals surface area contributed by atoms with Crippen molar-refractivity contribution in [2.75, 3.05) is 0 Å². The Kier molecular flexibility index (Phi) is 3.58. The summed E-state index contributed by atoms with van der Waals surface area (Å²) in [6, 6.07) is 18.7. The van der Waals surface area contributed by atoms with Crippen molar-refractivity contribution in [2.24, 2.45) is 0 Å². The van der Waals surface area contributed by atoms with Crippen molar-refractivity contribution in [2.45, 2.75) is 13.3 Å². The Balaban J connectivity index is 1.88. The molecule has 0 fully saturated rings. The Bertz CT molecular complexity index is 1000. The summed E-state index contributed by atoms with van der Waals surface area (Å²) in [5.74, 6) is 0.613. The highest BCUT2D eigenvalue weighted by atomic mass is 19.1. The molecule has 0 aliphatic carbocycles. The van der Waals surface area contributed by atoms with E-state index in [-0.39, 0.29) is 5.82 Å². The van der Waals surface area contributed by atoms with Crippen LogP contribution in [0.3, 0.4) is 0 Å². The lowest BCUT2D eigenvalue weighted by atomic mass is 10.1. The average molecular weight is 317 g/mol. The van der Waals surface area contributed by atoms with Gasteiger partial charge in [-0.1, -0.05) is 29.8 Å². The van der Waals surface area contributed by atoms with Crippen molar-refractivity contribution in [1.29, 1.82) is 0 Å². The fourth-order valence-corrected chi connectivity index (χ4v) is 2.87. The van der Waals surface area contributed by atoms with E-state index in [4.69, 9.17) is 4.98 Å². The van der Waals surface area contributed by atoms with Crippen LogP contribution in [0.1, 0.15) is 17.0 Å². The number of pyridine rings is 1. The highest BCUT2D eigenvalue weighted by Gasteiger charge is 2.14. The second-order valence-electron chi connectivity index (χ2n) is 5.85. The fraction of sp³-hybridized carbons (Fsp3) is 0.100. The molecule has 0 amide bonds. The van der Waals surface area contributed by atoms with E-state index in [2.05, 4.69) is 36.2 Å². The lowest BCUT2D eigenvalue weighted by Crippen LogP contribution is -2.03. The first-order chi connectivity index (χ1) is 11.7. The number of hydrogen-bond acceptors (Lipinski definition) is 2. The van der Waals surface area contributed by atoms with Gasteiger partial charge in [0.2, 0.25) is 0 Å². The quantitative estimate of drug-likeness (QED) is 0.558. The molecule has 2 aromatic heterocycles. The maximum absolute atomic E-state index is 13.5. The van der Waals surface area contributed by atoms with Crippen LogP contribution < -0.4 is 0 Å². The number of aryl methyl sites for hydroxylation is 1. The van der Waals surface area contributed by atoms with Gasteiger partial charge >= 0.3 is 0 Å². The van der Waals surface area contributed by atoms with E-state index in [1.54, 1.807) is 18.3 Å². The van der Waals surface area contributed by atoms with Gasteiger partial charge in [-0.25, -0.2) is 14.4 Å². The van der Waals surface area contributed by atoms with Crippen molar-refractivity contribution in [3.8, 4) is 5.69 Å². The smallest absolute Gasteiger partial charge is 0.164 e. The monoisotopic (exact) mass is 317 g/mol. The molecule has 4 aromatic rings.